The molecule has 2 rings (SSSR count). The summed E-state index contributed by atoms with van der Waals surface area (Å²) in [6.07, 6.45) is 1.43. The van der Waals surface area contributed by atoms with E-state index in [2.05, 4.69) is 15.2 Å². The molecule has 0 bridgehead atoms. The summed E-state index contributed by atoms with van der Waals surface area (Å²) in [5, 5.41) is 5.69. The lowest BCUT2D eigenvalue weighted by Crippen LogP contribution is -2.30. The average Bonchev–Trinajstić information content (AvgIpc) is 2.60. The number of aromatic nitrogens is 4. The lowest BCUT2D eigenvalue weighted by Gasteiger charge is -1.96. The maximum atomic E-state index is 10.9. The molecule has 2 aromatic heterocycles. The van der Waals surface area contributed by atoms with Crippen LogP contribution in [0.3, 0.4) is 0 Å². The smallest absolute Gasteiger partial charge is 0.323 e. The highest BCUT2D eigenvalue weighted by Crippen LogP contribution is 2.09. The zero-order valence-electron chi connectivity index (χ0n) is 8.52. The Morgan fingerprint density at radius 2 is 2.25 bits per heavy atom. The number of nitrogens with one attached hydrogen (secondary N) is 2. The Labute approximate surface area is 96.1 Å². The normalized spacial score (nSPS) is 10.3. The Morgan fingerprint density at radius 1 is 1.50 bits per heavy atom. The molecule has 16 heavy (non-hydrogen) atoms. The molecule has 0 unspecified atom stereocenters. The van der Waals surface area contributed by atoms with Gasteiger partial charge in [0.2, 0.25) is 5.91 Å². The molecule has 2 heterocycles. The molecule has 0 aliphatic heterocycles. The van der Waals surface area contributed by atoms with Crippen molar-refractivity contribution in [2.45, 2.75) is 0 Å². The number of hydrogen-bond donors (Lipinski definition) is 3. The summed E-state index contributed by atoms with van der Waals surface area (Å²) in [6.45, 7) is 0. The minimum Gasteiger partial charge on any atom is -0.366 e. The van der Waals surface area contributed by atoms with Crippen molar-refractivity contribution >= 4 is 18.1 Å². The second-order valence-corrected chi connectivity index (χ2v) is 3.65. The molecule has 4 N–H and O–H groups in total. The number of nitrogens with zero attached hydrogens (tertiary/aromatic N) is 2. The number of rotatable bonds is 2. The SMILES string of the molecule is C[n+]1c(-c2ccc(C(N)=O)cn2)[nH][nH]c1=S. The summed E-state index contributed by atoms with van der Waals surface area (Å²) in [7, 11) is 1.81. The molecular formula is C9H10N5OS+. The van der Waals surface area contributed by atoms with Crippen LogP contribution in [0.25, 0.3) is 11.5 Å². The minimum atomic E-state index is -0.495. The summed E-state index contributed by atoms with van der Waals surface area (Å²) in [6, 6.07) is 3.32. The lowest BCUT2D eigenvalue weighted by molar-refractivity contribution is -0.667. The van der Waals surface area contributed by atoms with Crippen molar-refractivity contribution in [3.63, 3.8) is 0 Å². The van der Waals surface area contributed by atoms with Crippen LogP contribution in [0, 0.1) is 4.77 Å². The predicted molar refractivity (Wildman–Crippen MR) is 58.9 cm³/mol. The van der Waals surface area contributed by atoms with Crippen LogP contribution in [0.4, 0.5) is 0 Å². The van der Waals surface area contributed by atoms with E-state index in [1.54, 1.807) is 16.7 Å². The molecule has 0 aliphatic carbocycles. The molecular weight excluding hydrogens is 226 g/mol. The number of pyridine rings is 1. The molecule has 0 spiro atoms. The van der Waals surface area contributed by atoms with E-state index in [0.717, 1.165) is 5.82 Å². The molecule has 2 aromatic rings. The fourth-order valence-corrected chi connectivity index (χ4v) is 1.44. The van der Waals surface area contributed by atoms with Crippen LogP contribution < -0.4 is 10.3 Å². The number of hydrogen-bond acceptors (Lipinski definition) is 3. The van der Waals surface area contributed by atoms with E-state index in [1.165, 1.54) is 6.20 Å². The van der Waals surface area contributed by atoms with Crippen LogP contribution in [-0.4, -0.2) is 21.1 Å². The van der Waals surface area contributed by atoms with Crippen LogP contribution in [-0.2, 0) is 7.05 Å². The second kappa shape index (κ2) is 3.86. The Hall–Kier alpha value is -2.02. The molecule has 6 nitrogen and oxygen atoms in total. The van der Waals surface area contributed by atoms with Gasteiger partial charge in [-0.3, -0.25) is 4.79 Å². The zero-order valence-corrected chi connectivity index (χ0v) is 9.34. The van der Waals surface area contributed by atoms with Crippen molar-refractivity contribution in [3.05, 3.63) is 28.7 Å². The van der Waals surface area contributed by atoms with Crippen molar-refractivity contribution in [3.8, 4) is 11.5 Å². The zero-order chi connectivity index (χ0) is 11.7. The van der Waals surface area contributed by atoms with Crippen molar-refractivity contribution < 1.29 is 9.36 Å². The largest absolute Gasteiger partial charge is 0.366 e. The topological polar surface area (TPSA) is 91.4 Å². The number of carbonyl (C=O) groups excluding carboxylic acids is 1. The molecule has 82 valence electrons. The minimum absolute atomic E-state index is 0.375. The third kappa shape index (κ3) is 1.72. The molecule has 7 heteroatoms. The number of aromatic amines is 2. The van der Waals surface area contributed by atoms with Crippen molar-refractivity contribution in [2.24, 2.45) is 12.8 Å². The molecule has 0 saturated heterocycles. The Kier molecular flexibility index (Phi) is 2.53. The van der Waals surface area contributed by atoms with Gasteiger partial charge in [0.15, 0.2) is 0 Å². The molecule has 0 saturated carbocycles. The van der Waals surface area contributed by atoms with Crippen molar-refractivity contribution in [1.82, 2.24) is 15.2 Å². The van der Waals surface area contributed by atoms with Gasteiger partial charge in [-0.15, -0.1) is 0 Å². The van der Waals surface area contributed by atoms with Crippen LogP contribution in [0.15, 0.2) is 18.3 Å². The fourth-order valence-electron chi connectivity index (χ4n) is 1.30. The number of H-pyrrole nitrogens is 2. The van der Waals surface area contributed by atoms with E-state index in [0.29, 0.717) is 16.0 Å². The monoisotopic (exact) mass is 236 g/mol. The molecule has 0 atom stereocenters. The average molecular weight is 236 g/mol. The lowest BCUT2D eigenvalue weighted by atomic mass is 10.2. The van der Waals surface area contributed by atoms with Gasteiger partial charge in [-0.25, -0.2) is 9.55 Å². The number of nitrogens with two attached hydrogens (primary N) is 1. The molecule has 0 radical (unpaired) electrons. The standard InChI is InChI=1S/C9H9N5OS/c1-14-8(12-13-9(14)16)6-3-2-5(4-11-6)7(10)15/h2-4H,1H3,(H3,10,11,13,15,16)/p+1. The van der Waals surface area contributed by atoms with Gasteiger partial charge >= 0.3 is 4.77 Å². The summed E-state index contributed by atoms with van der Waals surface area (Å²) in [5.41, 5.74) is 6.18. The van der Waals surface area contributed by atoms with Crippen LogP contribution in [0.2, 0.25) is 0 Å². The maximum Gasteiger partial charge on any atom is 0.323 e. The maximum absolute atomic E-state index is 10.9. The second-order valence-electron chi connectivity index (χ2n) is 3.26. The van der Waals surface area contributed by atoms with E-state index in [9.17, 15) is 4.79 Å². The van der Waals surface area contributed by atoms with Gasteiger partial charge in [-0.2, -0.15) is 10.2 Å². The quantitative estimate of drug-likeness (QED) is 0.508. The fraction of sp³-hybridized carbons (Fsp3) is 0.111. The first-order valence-electron chi connectivity index (χ1n) is 4.52. The molecule has 0 aliphatic rings. The van der Waals surface area contributed by atoms with E-state index in [-0.39, 0.29) is 0 Å². The van der Waals surface area contributed by atoms with Gasteiger partial charge in [0.05, 0.1) is 12.6 Å². The summed E-state index contributed by atoms with van der Waals surface area (Å²) in [5.74, 6) is 0.242. The summed E-state index contributed by atoms with van der Waals surface area (Å²) in [4.78, 5) is 15.0. The predicted octanol–water partition coefficient (Wildman–Crippen LogP) is 0.0577. The van der Waals surface area contributed by atoms with E-state index in [1.807, 2.05) is 7.05 Å². The van der Waals surface area contributed by atoms with Gasteiger partial charge in [-0.1, -0.05) is 0 Å². The Bertz CT molecular complexity index is 583. The van der Waals surface area contributed by atoms with Gasteiger partial charge in [0.1, 0.15) is 5.69 Å². The van der Waals surface area contributed by atoms with Crippen LogP contribution in [0.5, 0.6) is 0 Å². The Balaban J connectivity index is 2.46. The highest BCUT2D eigenvalue weighted by atomic mass is 32.1. The number of amides is 1. The first-order valence-corrected chi connectivity index (χ1v) is 4.93. The summed E-state index contributed by atoms with van der Waals surface area (Å²) < 4.78 is 2.32. The molecule has 1 amide bonds. The van der Waals surface area contributed by atoms with Crippen molar-refractivity contribution in [2.75, 3.05) is 0 Å². The number of primary amides is 1. The van der Waals surface area contributed by atoms with Gasteiger partial charge in [0, 0.05) is 6.20 Å². The highest BCUT2D eigenvalue weighted by Gasteiger charge is 2.12. The van der Waals surface area contributed by atoms with Gasteiger partial charge in [0.25, 0.3) is 5.82 Å². The summed E-state index contributed by atoms with van der Waals surface area (Å²) >= 11 is 5.02. The third-order valence-electron chi connectivity index (χ3n) is 2.22. The third-order valence-corrected chi connectivity index (χ3v) is 2.59. The Morgan fingerprint density at radius 3 is 2.69 bits per heavy atom. The van der Waals surface area contributed by atoms with E-state index >= 15 is 0 Å². The molecule has 0 fully saturated rings. The van der Waals surface area contributed by atoms with Crippen LogP contribution >= 0.6 is 12.2 Å². The highest BCUT2D eigenvalue weighted by molar-refractivity contribution is 7.71. The van der Waals surface area contributed by atoms with Gasteiger partial charge < -0.3 is 5.73 Å². The van der Waals surface area contributed by atoms with Crippen LogP contribution in [0.1, 0.15) is 10.4 Å². The molecule has 0 aromatic carbocycles. The van der Waals surface area contributed by atoms with Gasteiger partial charge in [-0.05, 0) is 24.4 Å². The van der Waals surface area contributed by atoms with E-state index < -0.39 is 5.91 Å². The number of carbonyl (C=O) groups is 1. The first-order chi connectivity index (χ1) is 7.59. The van der Waals surface area contributed by atoms with E-state index in [4.69, 9.17) is 18.0 Å². The first kappa shape index (κ1) is 10.5. The van der Waals surface area contributed by atoms with Crippen molar-refractivity contribution in [1.29, 1.82) is 0 Å².